The molecule has 4 nitrogen and oxygen atoms in total. The highest BCUT2D eigenvalue weighted by atomic mass is 35.5. The van der Waals surface area contributed by atoms with Crippen molar-refractivity contribution in [2.45, 2.75) is 13.3 Å². The maximum absolute atomic E-state index is 12.0. The van der Waals surface area contributed by atoms with Crippen molar-refractivity contribution in [1.82, 2.24) is 10.2 Å². The maximum Gasteiger partial charge on any atom is 0.415 e. The molecular weight excluding hydrogens is 252 g/mol. The molecule has 0 spiro atoms. The van der Waals surface area contributed by atoms with Crippen LogP contribution < -0.4 is 10.1 Å². The van der Waals surface area contributed by atoms with Crippen molar-refractivity contribution < 1.29 is 9.53 Å². The summed E-state index contributed by atoms with van der Waals surface area (Å²) >= 11 is 5.93. The number of carbonyl (C=O) groups is 1. The van der Waals surface area contributed by atoms with Gasteiger partial charge in [0.2, 0.25) is 0 Å². The third kappa shape index (κ3) is 3.37. The smallest absolute Gasteiger partial charge is 0.410 e. The average Bonchev–Trinajstić information content (AvgIpc) is 2.62. The summed E-state index contributed by atoms with van der Waals surface area (Å²) in [7, 11) is 0. The monoisotopic (exact) mass is 268 g/mol. The number of aryl methyl sites for hydroxylation is 1. The lowest BCUT2D eigenvalue weighted by molar-refractivity contribution is 0.155. The average molecular weight is 269 g/mol. The lowest BCUT2D eigenvalue weighted by atomic mass is 10.2. The highest BCUT2D eigenvalue weighted by Gasteiger charge is 2.17. The Hall–Kier alpha value is -1.26. The van der Waals surface area contributed by atoms with Gasteiger partial charge >= 0.3 is 6.09 Å². The second kappa shape index (κ2) is 6.07. The minimum absolute atomic E-state index is 0.291. The van der Waals surface area contributed by atoms with Gasteiger partial charge in [0.15, 0.2) is 0 Å². The normalized spacial score (nSPS) is 16.2. The van der Waals surface area contributed by atoms with Crippen molar-refractivity contribution in [3.8, 4) is 5.75 Å². The van der Waals surface area contributed by atoms with Crippen LogP contribution in [0.3, 0.4) is 0 Å². The van der Waals surface area contributed by atoms with Crippen molar-refractivity contribution in [2.24, 2.45) is 0 Å². The van der Waals surface area contributed by atoms with Gasteiger partial charge in [0.25, 0.3) is 0 Å². The van der Waals surface area contributed by atoms with Crippen molar-refractivity contribution in [3.05, 3.63) is 28.8 Å². The Morgan fingerprint density at radius 3 is 3.00 bits per heavy atom. The topological polar surface area (TPSA) is 41.6 Å². The van der Waals surface area contributed by atoms with Gasteiger partial charge in [-0.15, -0.1) is 0 Å². The first-order valence-electron chi connectivity index (χ1n) is 6.10. The number of hydrogen-bond acceptors (Lipinski definition) is 3. The summed E-state index contributed by atoms with van der Waals surface area (Å²) in [5, 5.41) is 3.92. The number of nitrogens with zero attached hydrogens (tertiary/aromatic N) is 1. The predicted octanol–water partition coefficient (Wildman–Crippen LogP) is 2.44. The first-order chi connectivity index (χ1) is 8.66. The minimum Gasteiger partial charge on any atom is -0.410 e. The lowest BCUT2D eigenvalue weighted by Crippen LogP contribution is -2.36. The molecular formula is C13H17ClN2O2. The van der Waals surface area contributed by atoms with Crippen LogP contribution in [0.5, 0.6) is 5.75 Å². The first-order valence-corrected chi connectivity index (χ1v) is 6.48. The summed E-state index contributed by atoms with van der Waals surface area (Å²) in [4.78, 5) is 13.7. The Morgan fingerprint density at radius 1 is 1.39 bits per heavy atom. The van der Waals surface area contributed by atoms with Crippen LogP contribution >= 0.6 is 11.6 Å². The molecule has 0 bridgehead atoms. The Morgan fingerprint density at radius 2 is 2.22 bits per heavy atom. The third-order valence-corrected chi connectivity index (χ3v) is 3.36. The van der Waals surface area contributed by atoms with E-state index in [1.165, 1.54) is 0 Å². The highest BCUT2D eigenvalue weighted by Crippen LogP contribution is 2.21. The van der Waals surface area contributed by atoms with Crippen LogP contribution in [0.2, 0.25) is 5.02 Å². The fourth-order valence-electron chi connectivity index (χ4n) is 1.87. The van der Waals surface area contributed by atoms with Gasteiger partial charge in [-0.1, -0.05) is 11.6 Å². The maximum atomic E-state index is 12.0. The van der Waals surface area contributed by atoms with E-state index in [4.69, 9.17) is 16.3 Å². The van der Waals surface area contributed by atoms with E-state index in [9.17, 15) is 4.79 Å². The fourth-order valence-corrected chi connectivity index (χ4v) is 1.99. The number of nitrogens with one attached hydrogen (secondary N) is 1. The summed E-state index contributed by atoms with van der Waals surface area (Å²) in [5.74, 6) is 0.541. The second-order valence-electron chi connectivity index (χ2n) is 4.37. The van der Waals surface area contributed by atoms with Crippen molar-refractivity contribution >= 4 is 17.7 Å². The van der Waals surface area contributed by atoms with Crippen molar-refractivity contribution in [1.29, 1.82) is 0 Å². The van der Waals surface area contributed by atoms with E-state index in [0.29, 0.717) is 17.3 Å². The van der Waals surface area contributed by atoms with E-state index in [2.05, 4.69) is 5.32 Å². The molecule has 1 saturated heterocycles. The van der Waals surface area contributed by atoms with E-state index in [1.807, 2.05) is 6.92 Å². The molecule has 0 saturated carbocycles. The molecule has 1 aliphatic rings. The van der Waals surface area contributed by atoms with Gasteiger partial charge in [0.1, 0.15) is 5.75 Å². The molecule has 2 rings (SSSR count). The summed E-state index contributed by atoms with van der Waals surface area (Å²) < 4.78 is 5.35. The van der Waals surface area contributed by atoms with Gasteiger partial charge in [-0.05, 0) is 43.7 Å². The van der Waals surface area contributed by atoms with Gasteiger partial charge in [0, 0.05) is 24.7 Å². The van der Waals surface area contributed by atoms with Gasteiger partial charge in [-0.3, -0.25) is 0 Å². The number of amides is 1. The van der Waals surface area contributed by atoms with Crippen molar-refractivity contribution in [3.63, 3.8) is 0 Å². The Labute approximate surface area is 112 Å². The van der Waals surface area contributed by atoms with E-state index >= 15 is 0 Å². The molecule has 1 aromatic carbocycles. The highest BCUT2D eigenvalue weighted by molar-refractivity contribution is 6.31. The molecule has 5 heteroatoms. The van der Waals surface area contributed by atoms with Crippen molar-refractivity contribution in [2.75, 3.05) is 26.2 Å². The molecule has 0 radical (unpaired) electrons. The third-order valence-electron chi connectivity index (χ3n) is 2.93. The number of hydrogen-bond donors (Lipinski definition) is 1. The number of halogens is 1. The molecule has 1 amide bonds. The second-order valence-corrected chi connectivity index (χ2v) is 4.78. The molecule has 98 valence electrons. The van der Waals surface area contributed by atoms with E-state index in [0.717, 1.165) is 31.6 Å². The van der Waals surface area contributed by atoms with Crippen LogP contribution in [0.1, 0.15) is 12.0 Å². The first kappa shape index (κ1) is 13.2. The van der Waals surface area contributed by atoms with Gasteiger partial charge in [0.05, 0.1) is 0 Å². The summed E-state index contributed by atoms with van der Waals surface area (Å²) in [6, 6.07) is 5.23. The minimum atomic E-state index is -0.291. The molecule has 1 fully saturated rings. The SMILES string of the molecule is Cc1cc(OC(=O)N2CCCNCC2)ccc1Cl. The largest absolute Gasteiger partial charge is 0.415 e. The summed E-state index contributed by atoms with van der Waals surface area (Å²) in [5.41, 5.74) is 0.902. The Kier molecular flexibility index (Phi) is 4.44. The number of rotatable bonds is 1. The summed E-state index contributed by atoms with van der Waals surface area (Å²) in [6.45, 7) is 5.07. The van der Waals surface area contributed by atoms with Crippen LogP contribution in [-0.4, -0.2) is 37.2 Å². The van der Waals surface area contributed by atoms with Crippen LogP contribution in [0.4, 0.5) is 4.79 Å². The predicted molar refractivity (Wildman–Crippen MR) is 71.3 cm³/mol. The Balaban J connectivity index is 1.99. The van der Waals surface area contributed by atoms with Crippen LogP contribution in [-0.2, 0) is 0 Å². The number of carbonyl (C=O) groups excluding carboxylic acids is 1. The standard InChI is InChI=1S/C13H17ClN2O2/c1-10-9-11(3-4-12(10)14)18-13(17)16-7-2-5-15-6-8-16/h3-4,9,15H,2,5-8H2,1H3. The zero-order valence-electron chi connectivity index (χ0n) is 10.4. The Bertz CT molecular complexity index is 429. The lowest BCUT2D eigenvalue weighted by Gasteiger charge is -2.19. The van der Waals surface area contributed by atoms with E-state index < -0.39 is 0 Å². The fraction of sp³-hybridized carbons (Fsp3) is 0.462. The van der Waals surface area contributed by atoms with E-state index in [1.54, 1.807) is 23.1 Å². The number of benzene rings is 1. The van der Waals surface area contributed by atoms with Gasteiger partial charge in [-0.2, -0.15) is 0 Å². The van der Waals surface area contributed by atoms with Crippen LogP contribution in [0.15, 0.2) is 18.2 Å². The number of ether oxygens (including phenoxy) is 1. The van der Waals surface area contributed by atoms with E-state index in [-0.39, 0.29) is 6.09 Å². The molecule has 18 heavy (non-hydrogen) atoms. The van der Waals surface area contributed by atoms with Gasteiger partial charge in [-0.25, -0.2) is 4.79 Å². The molecule has 0 aromatic heterocycles. The molecule has 1 N–H and O–H groups in total. The summed E-state index contributed by atoms with van der Waals surface area (Å²) in [6.07, 6.45) is 0.662. The zero-order valence-corrected chi connectivity index (χ0v) is 11.2. The van der Waals surface area contributed by atoms with Gasteiger partial charge < -0.3 is 15.0 Å². The quantitative estimate of drug-likeness (QED) is 0.851. The van der Waals surface area contributed by atoms with Crippen LogP contribution in [0, 0.1) is 6.92 Å². The molecule has 1 aliphatic heterocycles. The molecule has 0 aliphatic carbocycles. The van der Waals surface area contributed by atoms with Crippen LogP contribution in [0.25, 0.3) is 0 Å². The zero-order chi connectivity index (χ0) is 13.0. The molecule has 1 heterocycles. The molecule has 0 atom stereocenters. The molecule has 1 aromatic rings. The molecule has 0 unspecified atom stereocenters.